The molecule has 0 atom stereocenters. The van der Waals surface area contributed by atoms with E-state index in [1.165, 1.54) is 12.1 Å². The van der Waals surface area contributed by atoms with Crippen LogP contribution in [0.1, 0.15) is 49.3 Å². The van der Waals surface area contributed by atoms with Crippen LogP contribution in [0, 0.1) is 5.82 Å². The molecule has 1 saturated carbocycles. The van der Waals surface area contributed by atoms with Gasteiger partial charge in [-0.2, -0.15) is 0 Å². The molecule has 1 aromatic carbocycles. The topological polar surface area (TPSA) is 71.3 Å². The number of carbonyl (C=O) groups is 1. The van der Waals surface area contributed by atoms with Crippen LogP contribution in [0.4, 0.5) is 14.9 Å². The Bertz CT molecular complexity index is 718. The Morgan fingerprint density at radius 3 is 2.21 bits per heavy atom. The summed E-state index contributed by atoms with van der Waals surface area (Å²) in [6.07, 6.45) is 3.90. The number of benzene rings is 1. The van der Waals surface area contributed by atoms with Gasteiger partial charge in [-0.3, -0.25) is 0 Å². The Balaban J connectivity index is 1.31. The summed E-state index contributed by atoms with van der Waals surface area (Å²) in [6.45, 7) is 1.28. The predicted molar refractivity (Wildman–Crippen MR) is 85.2 cm³/mol. The molecule has 2 amide bonds. The van der Waals surface area contributed by atoms with Crippen LogP contribution in [0.2, 0.25) is 0 Å². The minimum Gasteiger partial charge on any atom is -0.425 e. The van der Waals surface area contributed by atoms with E-state index in [1.54, 1.807) is 17.0 Å². The van der Waals surface area contributed by atoms with Gasteiger partial charge in [-0.15, -0.1) is 10.2 Å². The quantitative estimate of drug-likeness (QED) is 0.935. The molecule has 0 unspecified atom stereocenters. The van der Waals surface area contributed by atoms with Crippen molar-refractivity contribution >= 4 is 11.7 Å². The molecule has 1 aliphatic heterocycles. The summed E-state index contributed by atoms with van der Waals surface area (Å²) in [6, 6.07) is 5.60. The van der Waals surface area contributed by atoms with Gasteiger partial charge in [0.2, 0.25) is 11.8 Å². The van der Waals surface area contributed by atoms with Crippen LogP contribution in [0.15, 0.2) is 28.7 Å². The van der Waals surface area contributed by atoms with Crippen molar-refractivity contribution in [2.45, 2.75) is 37.5 Å². The van der Waals surface area contributed by atoms with Gasteiger partial charge in [0.25, 0.3) is 0 Å². The lowest BCUT2D eigenvalue weighted by molar-refractivity contribution is 0.189. The van der Waals surface area contributed by atoms with Crippen LogP contribution in [-0.2, 0) is 0 Å². The maximum atomic E-state index is 12.9. The number of hydrogen-bond acceptors (Lipinski definition) is 4. The number of amides is 2. The van der Waals surface area contributed by atoms with Gasteiger partial charge in [0, 0.05) is 30.6 Å². The molecule has 2 aromatic rings. The first-order valence-corrected chi connectivity index (χ1v) is 8.34. The van der Waals surface area contributed by atoms with Crippen LogP contribution in [0.25, 0.3) is 0 Å². The third kappa shape index (κ3) is 3.25. The highest BCUT2D eigenvalue weighted by molar-refractivity contribution is 5.89. The second-order valence-electron chi connectivity index (χ2n) is 6.45. The van der Waals surface area contributed by atoms with Gasteiger partial charge in [-0.05, 0) is 49.9 Å². The molecule has 1 N–H and O–H groups in total. The first-order valence-electron chi connectivity index (χ1n) is 8.34. The maximum absolute atomic E-state index is 12.9. The van der Waals surface area contributed by atoms with E-state index in [0.29, 0.717) is 30.6 Å². The fraction of sp³-hybridized carbons (Fsp3) is 0.471. The number of carbonyl (C=O) groups excluding carboxylic acids is 1. The molecule has 1 saturated heterocycles. The summed E-state index contributed by atoms with van der Waals surface area (Å²) < 4.78 is 18.7. The van der Waals surface area contributed by atoms with E-state index in [9.17, 15) is 9.18 Å². The Morgan fingerprint density at radius 2 is 1.62 bits per heavy atom. The third-order valence-corrected chi connectivity index (χ3v) is 4.61. The van der Waals surface area contributed by atoms with Gasteiger partial charge in [-0.25, -0.2) is 9.18 Å². The maximum Gasteiger partial charge on any atom is 0.321 e. The largest absolute Gasteiger partial charge is 0.425 e. The number of nitrogens with one attached hydrogen (secondary N) is 1. The van der Waals surface area contributed by atoms with Gasteiger partial charge in [0.05, 0.1) is 0 Å². The van der Waals surface area contributed by atoms with Crippen LogP contribution in [0.5, 0.6) is 0 Å². The predicted octanol–water partition coefficient (Wildman–Crippen LogP) is 3.50. The lowest BCUT2D eigenvalue weighted by Gasteiger charge is -2.30. The molecule has 0 bridgehead atoms. The van der Waals surface area contributed by atoms with E-state index in [4.69, 9.17) is 4.42 Å². The molecule has 2 aliphatic rings. The highest BCUT2D eigenvalue weighted by Gasteiger charge is 2.32. The van der Waals surface area contributed by atoms with Crippen LogP contribution in [-0.4, -0.2) is 34.2 Å². The SMILES string of the molecule is O=C(Nc1ccc(F)cc1)N1CCC(c2nnc(C3CC3)o2)CC1. The highest BCUT2D eigenvalue weighted by Crippen LogP contribution is 2.40. The fourth-order valence-corrected chi connectivity index (χ4v) is 2.97. The lowest BCUT2D eigenvalue weighted by atomic mass is 9.97. The average molecular weight is 330 g/mol. The number of halogens is 1. The molecular formula is C17H19FN4O2. The van der Waals surface area contributed by atoms with Crippen molar-refractivity contribution in [1.82, 2.24) is 15.1 Å². The summed E-state index contributed by atoms with van der Waals surface area (Å²) in [7, 11) is 0. The minimum absolute atomic E-state index is 0.163. The van der Waals surface area contributed by atoms with Crippen LogP contribution < -0.4 is 5.32 Å². The molecule has 4 rings (SSSR count). The van der Waals surface area contributed by atoms with Gasteiger partial charge in [0.1, 0.15) is 5.82 Å². The van der Waals surface area contributed by atoms with E-state index in [-0.39, 0.29) is 17.8 Å². The lowest BCUT2D eigenvalue weighted by Crippen LogP contribution is -2.40. The Labute approximate surface area is 139 Å². The summed E-state index contributed by atoms with van der Waals surface area (Å²) in [5, 5.41) is 11.1. The molecular weight excluding hydrogens is 311 g/mol. The van der Waals surface area contributed by atoms with E-state index in [1.807, 2.05) is 0 Å². The zero-order chi connectivity index (χ0) is 16.5. The van der Waals surface area contributed by atoms with Crippen molar-refractivity contribution in [3.05, 3.63) is 41.9 Å². The average Bonchev–Trinajstić information content (AvgIpc) is 3.34. The Kier molecular flexibility index (Phi) is 3.92. The number of rotatable bonds is 3. The molecule has 2 heterocycles. The molecule has 7 heteroatoms. The van der Waals surface area contributed by atoms with E-state index < -0.39 is 0 Å². The number of likely N-dealkylation sites (tertiary alicyclic amines) is 1. The monoisotopic (exact) mass is 330 g/mol. The third-order valence-electron chi connectivity index (χ3n) is 4.61. The minimum atomic E-state index is -0.320. The number of piperidine rings is 1. The summed E-state index contributed by atoms with van der Waals surface area (Å²) in [5.74, 6) is 1.84. The number of aromatic nitrogens is 2. The molecule has 126 valence electrons. The summed E-state index contributed by atoms with van der Waals surface area (Å²) in [4.78, 5) is 14.0. The Morgan fingerprint density at radius 1 is 1.04 bits per heavy atom. The number of hydrogen-bond donors (Lipinski definition) is 1. The number of anilines is 1. The van der Waals surface area contributed by atoms with Gasteiger partial charge >= 0.3 is 6.03 Å². The smallest absolute Gasteiger partial charge is 0.321 e. The number of nitrogens with zero attached hydrogens (tertiary/aromatic N) is 3. The van der Waals surface area contributed by atoms with Crippen molar-refractivity contribution in [1.29, 1.82) is 0 Å². The Hall–Kier alpha value is -2.44. The van der Waals surface area contributed by atoms with E-state index in [0.717, 1.165) is 31.6 Å². The summed E-state index contributed by atoms with van der Waals surface area (Å²) >= 11 is 0. The molecule has 2 fully saturated rings. The van der Waals surface area contributed by atoms with Crippen LogP contribution >= 0.6 is 0 Å². The van der Waals surface area contributed by atoms with E-state index in [2.05, 4.69) is 15.5 Å². The molecule has 0 radical (unpaired) electrons. The normalized spacial score (nSPS) is 18.6. The van der Waals surface area contributed by atoms with Gasteiger partial charge in [-0.1, -0.05) is 0 Å². The number of urea groups is 1. The molecule has 1 aliphatic carbocycles. The van der Waals surface area contributed by atoms with Crippen LogP contribution in [0.3, 0.4) is 0 Å². The standard InChI is InChI=1S/C17H19FN4O2/c18-13-3-5-14(6-4-13)19-17(23)22-9-7-12(8-10-22)16-21-20-15(24-16)11-1-2-11/h3-6,11-12H,1-2,7-10H2,(H,19,23). The first kappa shape index (κ1) is 15.1. The van der Waals surface area contributed by atoms with Crippen molar-refractivity contribution < 1.29 is 13.6 Å². The van der Waals surface area contributed by atoms with Crippen molar-refractivity contribution in [3.8, 4) is 0 Å². The molecule has 1 aromatic heterocycles. The van der Waals surface area contributed by atoms with Crippen molar-refractivity contribution in [3.63, 3.8) is 0 Å². The molecule has 24 heavy (non-hydrogen) atoms. The highest BCUT2D eigenvalue weighted by atomic mass is 19.1. The zero-order valence-electron chi connectivity index (χ0n) is 13.2. The second-order valence-corrected chi connectivity index (χ2v) is 6.45. The molecule has 6 nitrogen and oxygen atoms in total. The van der Waals surface area contributed by atoms with Crippen molar-refractivity contribution in [2.75, 3.05) is 18.4 Å². The first-order chi connectivity index (χ1) is 11.7. The van der Waals surface area contributed by atoms with Gasteiger partial charge in [0.15, 0.2) is 0 Å². The molecule has 0 spiro atoms. The second kappa shape index (κ2) is 6.22. The van der Waals surface area contributed by atoms with Crippen molar-refractivity contribution in [2.24, 2.45) is 0 Å². The summed E-state index contributed by atoms with van der Waals surface area (Å²) in [5.41, 5.74) is 0.592. The zero-order valence-corrected chi connectivity index (χ0v) is 13.2. The van der Waals surface area contributed by atoms with Gasteiger partial charge < -0.3 is 14.6 Å². The fourth-order valence-electron chi connectivity index (χ4n) is 2.97. The van der Waals surface area contributed by atoms with E-state index >= 15 is 0 Å².